The molecule has 0 bridgehead atoms. The first-order chi connectivity index (χ1) is 6.58. The molecule has 0 aliphatic carbocycles. The summed E-state index contributed by atoms with van der Waals surface area (Å²) in [6, 6.07) is 3.86. The minimum Gasteiger partial charge on any atom is -0.508 e. The lowest BCUT2D eigenvalue weighted by Gasteiger charge is -2.03. The summed E-state index contributed by atoms with van der Waals surface area (Å²) in [6.07, 6.45) is 0. The molecule has 0 fully saturated rings. The minimum atomic E-state index is -0.814. The largest absolute Gasteiger partial charge is 0.508 e. The average molecular weight is 196 g/mol. The van der Waals surface area contributed by atoms with E-state index in [9.17, 15) is 13.9 Å². The first-order valence-electron chi connectivity index (χ1n) is 3.88. The molecule has 0 aromatic heterocycles. The van der Waals surface area contributed by atoms with Gasteiger partial charge in [0.2, 0.25) is 0 Å². The average Bonchev–Trinajstić information content (AvgIpc) is 2.07. The lowest BCUT2D eigenvalue weighted by atomic mass is 10.1. The van der Waals surface area contributed by atoms with Gasteiger partial charge in [0, 0.05) is 22.9 Å². The van der Waals surface area contributed by atoms with Crippen molar-refractivity contribution in [1.29, 1.82) is 0 Å². The maximum absolute atomic E-state index is 13.1. The Balaban J connectivity index is 2.94. The SMILES string of the molecule is Oc1cc(O)c2cc(F)cc(F)c2c1. The van der Waals surface area contributed by atoms with Crippen LogP contribution in [0.15, 0.2) is 24.3 Å². The Hall–Kier alpha value is -1.84. The Bertz CT molecular complexity index is 462. The summed E-state index contributed by atoms with van der Waals surface area (Å²) in [5, 5.41) is 18.4. The van der Waals surface area contributed by atoms with E-state index in [2.05, 4.69) is 0 Å². The number of benzene rings is 2. The van der Waals surface area contributed by atoms with Crippen molar-refractivity contribution in [1.82, 2.24) is 0 Å². The topological polar surface area (TPSA) is 40.5 Å². The molecule has 2 nitrogen and oxygen atoms in total. The zero-order valence-corrected chi connectivity index (χ0v) is 6.96. The van der Waals surface area contributed by atoms with Gasteiger partial charge in [0.15, 0.2) is 0 Å². The van der Waals surface area contributed by atoms with Gasteiger partial charge in [-0.2, -0.15) is 0 Å². The Kier molecular flexibility index (Phi) is 1.77. The van der Waals surface area contributed by atoms with Gasteiger partial charge in [0.25, 0.3) is 0 Å². The predicted octanol–water partition coefficient (Wildman–Crippen LogP) is 2.53. The van der Waals surface area contributed by atoms with E-state index < -0.39 is 11.6 Å². The second-order valence-electron chi connectivity index (χ2n) is 2.95. The van der Waals surface area contributed by atoms with Gasteiger partial charge in [-0.15, -0.1) is 0 Å². The molecule has 0 aliphatic heterocycles. The van der Waals surface area contributed by atoms with Crippen molar-refractivity contribution in [2.24, 2.45) is 0 Å². The van der Waals surface area contributed by atoms with Gasteiger partial charge >= 0.3 is 0 Å². The van der Waals surface area contributed by atoms with E-state index in [0.29, 0.717) is 6.07 Å². The molecule has 4 heteroatoms. The number of phenolic OH excluding ortho intramolecular Hbond substituents is 2. The zero-order chi connectivity index (χ0) is 10.3. The number of phenols is 2. The van der Waals surface area contributed by atoms with Crippen LogP contribution in [0.25, 0.3) is 10.8 Å². The van der Waals surface area contributed by atoms with Crippen LogP contribution in [-0.4, -0.2) is 10.2 Å². The van der Waals surface area contributed by atoms with Gasteiger partial charge in [-0.1, -0.05) is 0 Å². The lowest BCUT2D eigenvalue weighted by Crippen LogP contribution is -1.83. The van der Waals surface area contributed by atoms with Crippen LogP contribution in [0, 0.1) is 11.6 Å². The highest BCUT2D eigenvalue weighted by Crippen LogP contribution is 2.31. The molecule has 2 aromatic carbocycles. The molecule has 0 amide bonds. The molecular weight excluding hydrogens is 190 g/mol. The molecule has 0 atom stereocenters. The molecule has 14 heavy (non-hydrogen) atoms. The van der Waals surface area contributed by atoms with Crippen molar-refractivity contribution < 1.29 is 19.0 Å². The fourth-order valence-corrected chi connectivity index (χ4v) is 1.35. The summed E-state index contributed by atoms with van der Waals surface area (Å²) >= 11 is 0. The van der Waals surface area contributed by atoms with E-state index in [1.165, 1.54) is 0 Å². The first-order valence-corrected chi connectivity index (χ1v) is 3.88. The lowest BCUT2D eigenvalue weighted by molar-refractivity contribution is 0.454. The van der Waals surface area contributed by atoms with Gasteiger partial charge in [-0.3, -0.25) is 0 Å². The number of hydrogen-bond acceptors (Lipinski definition) is 2. The summed E-state index contributed by atoms with van der Waals surface area (Å²) in [5.74, 6) is -2.19. The van der Waals surface area contributed by atoms with Crippen LogP contribution in [0.1, 0.15) is 0 Å². The second-order valence-corrected chi connectivity index (χ2v) is 2.95. The van der Waals surface area contributed by atoms with E-state index in [0.717, 1.165) is 18.2 Å². The summed E-state index contributed by atoms with van der Waals surface area (Å²) in [6.45, 7) is 0. The van der Waals surface area contributed by atoms with Crippen LogP contribution in [0.2, 0.25) is 0 Å². The van der Waals surface area contributed by atoms with Crippen LogP contribution in [0.3, 0.4) is 0 Å². The second kappa shape index (κ2) is 2.83. The molecule has 2 N–H and O–H groups in total. The Morgan fingerprint density at radius 1 is 0.857 bits per heavy atom. The van der Waals surface area contributed by atoms with Gasteiger partial charge in [-0.25, -0.2) is 8.78 Å². The maximum atomic E-state index is 13.1. The van der Waals surface area contributed by atoms with Crippen molar-refractivity contribution in [3.8, 4) is 11.5 Å². The molecule has 72 valence electrons. The van der Waals surface area contributed by atoms with E-state index in [1.807, 2.05) is 0 Å². The fourth-order valence-electron chi connectivity index (χ4n) is 1.35. The van der Waals surface area contributed by atoms with Crippen LogP contribution < -0.4 is 0 Å². The maximum Gasteiger partial charge on any atom is 0.134 e. The van der Waals surface area contributed by atoms with Crippen molar-refractivity contribution in [3.05, 3.63) is 35.9 Å². The van der Waals surface area contributed by atoms with Gasteiger partial charge in [-0.05, 0) is 12.1 Å². The van der Waals surface area contributed by atoms with Gasteiger partial charge in [0.1, 0.15) is 23.1 Å². The Labute approximate surface area is 78.0 Å². The van der Waals surface area contributed by atoms with Gasteiger partial charge in [0.05, 0.1) is 0 Å². The summed E-state index contributed by atoms with van der Waals surface area (Å²) in [5.41, 5.74) is 0. The van der Waals surface area contributed by atoms with E-state index in [4.69, 9.17) is 5.11 Å². The molecule has 2 rings (SSSR count). The molecule has 0 spiro atoms. The van der Waals surface area contributed by atoms with Crippen LogP contribution in [0.5, 0.6) is 11.5 Å². The standard InChI is InChI=1S/C10H6F2O2/c11-5-1-8-7(9(12)2-5)3-6(13)4-10(8)14/h1-4,13-14H. The number of halogens is 2. The molecule has 0 aliphatic rings. The number of aromatic hydroxyl groups is 2. The Morgan fingerprint density at radius 2 is 1.57 bits per heavy atom. The van der Waals surface area contributed by atoms with Crippen molar-refractivity contribution in [3.63, 3.8) is 0 Å². The summed E-state index contributed by atoms with van der Waals surface area (Å²) < 4.78 is 25.9. The third-order valence-corrected chi connectivity index (χ3v) is 1.95. The van der Waals surface area contributed by atoms with E-state index >= 15 is 0 Å². The minimum absolute atomic E-state index is 0.0103. The molecule has 0 radical (unpaired) electrons. The molecular formula is C10H6F2O2. The van der Waals surface area contributed by atoms with Crippen molar-refractivity contribution in [2.75, 3.05) is 0 Å². The normalized spacial score (nSPS) is 10.7. The summed E-state index contributed by atoms with van der Waals surface area (Å²) in [4.78, 5) is 0. The van der Waals surface area contributed by atoms with E-state index in [1.54, 1.807) is 0 Å². The first kappa shape index (κ1) is 8.74. The monoisotopic (exact) mass is 196 g/mol. The molecule has 2 aromatic rings. The highest BCUT2D eigenvalue weighted by molar-refractivity contribution is 5.89. The highest BCUT2D eigenvalue weighted by Gasteiger charge is 2.08. The predicted molar refractivity (Wildman–Crippen MR) is 47.2 cm³/mol. The number of rotatable bonds is 0. The number of fused-ring (bicyclic) bond motifs is 1. The third kappa shape index (κ3) is 1.25. The van der Waals surface area contributed by atoms with Crippen LogP contribution >= 0.6 is 0 Å². The van der Waals surface area contributed by atoms with Crippen LogP contribution in [0.4, 0.5) is 8.78 Å². The fraction of sp³-hybridized carbons (Fsp3) is 0. The van der Waals surface area contributed by atoms with Gasteiger partial charge < -0.3 is 10.2 Å². The molecule has 0 saturated heterocycles. The zero-order valence-electron chi connectivity index (χ0n) is 6.96. The third-order valence-electron chi connectivity index (χ3n) is 1.95. The molecule has 0 unspecified atom stereocenters. The van der Waals surface area contributed by atoms with E-state index in [-0.39, 0.29) is 22.3 Å². The highest BCUT2D eigenvalue weighted by atomic mass is 19.1. The van der Waals surface area contributed by atoms with Crippen LogP contribution in [-0.2, 0) is 0 Å². The number of hydrogen-bond donors (Lipinski definition) is 2. The molecule has 0 heterocycles. The quantitative estimate of drug-likeness (QED) is 0.679. The Morgan fingerprint density at radius 3 is 2.29 bits per heavy atom. The van der Waals surface area contributed by atoms with Crippen molar-refractivity contribution >= 4 is 10.8 Å². The summed E-state index contributed by atoms with van der Waals surface area (Å²) in [7, 11) is 0. The smallest absolute Gasteiger partial charge is 0.134 e. The van der Waals surface area contributed by atoms with Crippen molar-refractivity contribution in [2.45, 2.75) is 0 Å². The molecule has 0 saturated carbocycles.